The lowest BCUT2D eigenvalue weighted by Crippen LogP contribution is -2.24. The molecule has 0 aliphatic rings. The van der Waals surface area contributed by atoms with E-state index in [0.29, 0.717) is 18.0 Å². The number of hydrogen-bond donors (Lipinski definition) is 3. The van der Waals surface area contributed by atoms with Crippen LogP contribution in [0.5, 0.6) is 5.75 Å². The molecule has 3 N–H and O–H groups in total. The Balaban J connectivity index is 1.68. The molecule has 0 saturated heterocycles. The van der Waals surface area contributed by atoms with E-state index in [1.807, 2.05) is 24.3 Å². The van der Waals surface area contributed by atoms with Crippen LogP contribution in [-0.2, 0) is 6.54 Å². The first-order chi connectivity index (χ1) is 12.6. The van der Waals surface area contributed by atoms with Crippen molar-refractivity contribution in [1.82, 2.24) is 25.2 Å². The molecule has 26 heavy (non-hydrogen) atoms. The Morgan fingerprint density at radius 3 is 2.62 bits per heavy atom. The van der Waals surface area contributed by atoms with Crippen molar-refractivity contribution in [2.24, 2.45) is 0 Å². The molecule has 0 spiro atoms. The number of fused-ring (bicyclic) bond motifs is 1. The van der Waals surface area contributed by atoms with Crippen molar-refractivity contribution in [3.05, 3.63) is 53.9 Å². The van der Waals surface area contributed by atoms with E-state index in [-0.39, 0.29) is 17.6 Å². The minimum Gasteiger partial charge on any atom is -0.497 e. The molecule has 3 rings (SSSR count). The Labute approximate surface area is 149 Å². The van der Waals surface area contributed by atoms with Gasteiger partial charge in [0.1, 0.15) is 11.4 Å². The van der Waals surface area contributed by atoms with Gasteiger partial charge in [-0.2, -0.15) is 5.10 Å². The van der Waals surface area contributed by atoms with E-state index in [1.54, 1.807) is 19.2 Å². The Hall–Kier alpha value is -3.62. The van der Waals surface area contributed by atoms with Gasteiger partial charge in [0.05, 0.1) is 13.3 Å². The maximum atomic E-state index is 12.3. The zero-order chi connectivity index (χ0) is 18.5. The number of carbonyl (C=O) groups is 2. The SMILES string of the molecule is CNC(=O)Nc1cn2nc(C(=O)NCc3ccc(OC)cc3)ccc2n1. The molecule has 9 heteroatoms. The second-order valence-electron chi connectivity index (χ2n) is 5.38. The summed E-state index contributed by atoms with van der Waals surface area (Å²) in [5.74, 6) is 0.790. The summed E-state index contributed by atoms with van der Waals surface area (Å²) in [5, 5.41) is 12.0. The van der Waals surface area contributed by atoms with Gasteiger partial charge >= 0.3 is 6.03 Å². The van der Waals surface area contributed by atoms with Gasteiger partial charge in [-0.15, -0.1) is 0 Å². The van der Waals surface area contributed by atoms with E-state index in [1.165, 1.54) is 17.8 Å². The first-order valence-corrected chi connectivity index (χ1v) is 7.85. The summed E-state index contributed by atoms with van der Waals surface area (Å²) in [6.45, 7) is 0.371. The topological polar surface area (TPSA) is 110 Å². The molecule has 3 aromatic rings. The Morgan fingerprint density at radius 1 is 1.15 bits per heavy atom. The van der Waals surface area contributed by atoms with Crippen LogP contribution in [0, 0.1) is 0 Å². The Morgan fingerprint density at radius 2 is 1.92 bits per heavy atom. The summed E-state index contributed by atoms with van der Waals surface area (Å²) >= 11 is 0. The number of anilines is 1. The molecule has 0 atom stereocenters. The van der Waals surface area contributed by atoms with E-state index < -0.39 is 0 Å². The number of urea groups is 1. The molecule has 0 aliphatic carbocycles. The number of rotatable bonds is 5. The van der Waals surface area contributed by atoms with Crippen LogP contribution >= 0.6 is 0 Å². The summed E-state index contributed by atoms with van der Waals surface area (Å²) in [6.07, 6.45) is 1.53. The van der Waals surface area contributed by atoms with Crippen LogP contribution in [0.4, 0.5) is 10.6 Å². The van der Waals surface area contributed by atoms with Gasteiger partial charge in [-0.25, -0.2) is 14.3 Å². The van der Waals surface area contributed by atoms with Crippen LogP contribution in [0.2, 0.25) is 0 Å². The molecule has 2 aromatic heterocycles. The van der Waals surface area contributed by atoms with E-state index in [0.717, 1.165) is 11.3 Å². The normalized spacial score (nSPS) is 10.4. The van der Waals surface area contributed by atoms with Crippen LogP contribution in [0.3, 0.4) is 0 Å². The molecule has 0 saturated carbocycles. The molecule has 0 aliphatic heterocycles. The zero-order valence-corrected chi connectivity index (χ0v) is 14.3. The van der Waals surface area contributed by atoms with Crippen molar-refractivity contribution in [2.75, 3.05) is 19.5 Å². The smallest absolute Gasteiger partial charge is 0.320 e. The third kappa shape index (κ3) is 3.89. The predicted molar refractivity (Wildman–Crippen MR) is 95.2 cm³/mol. The van der Waals surface area contributed by atoms with Crippen molar-refractivity contribution in [3.63, 3.8) is 0 Å². The van der Waals surface area contributed by atoms with Crippen molar-refractivity contribution < 1.29 is 14.3 Å². The number of carbonyl (C=O) groups excluding carboxylic acids is 2. The summed E-state index contributed by atoms with van der Waals surface area (Å²) in [4.78, 5) is 27.8. The van der Waals surface area contributed by atoms with Crippen LogP contribution in [-0.4, -0.2) is 40.7 Å². The lowest BCUT2D eigenvalue weighted by molar-refractivity contribution is 0.0944. The second kappa shape index (κ2) is 7.51. The summed E-state index contributed by atoms with van der Waals surface area (Å²) in [6, 6.07) is 10.3. The number of nitrogens with zero attached hydrogens (tertiary/aromatic N) is 3. The maximum Gasteiger partial charge on any atom is 0.320 e. The van der Waals surface area contributed by atoms with E-state index in [4.69, 9.17) is 4.74 Å². The average molecular weight is 354 g/mol. The third-order valence-electron chi connectivity index (χ3n) is 3.63. The van der Waals surface area contributed by atoms with Crippen LogP contribution in [0.1, 0.15) is 16.1 Å². The number of imidazole rings is 1. The Bertz CT molecular complexity index is 935. The molecular formula is C17H18N6O3. The first kappa shape index (κ1) is 17.2. The van der Waals surface area contributed by atoms with Gasteiger partial charge in [-0.1, -0.05) is 12.1 Å². The van der Waals surface area contributed by atoms with Crippen LogP contribution in [0.25, 0.3) is 5.65 Å². The molecule has 2 heterocycles. The van der Waals surface area contributed by atoms with Crippen molar-refractivity contribution >= 4 is 23.4 Å². The molecule has 3 amide bonds. The fourth-order valence-electron chi connectivity index (χ4n) is 2.26. The molecule has 0 bridgehead atoms. The maximum absolute atomic E-state index is 12.3. The predicted octanol–water partition coefficient (Wildman–Crippen LogP) is 1.42. The average Bonchev–Trinajstić information content (AvgIpc) is 3.07. The summed E-state index contributed by atoms with van der Waals surface area (Å²) < 4.78 is 6.54. The fraction of sp³-hybridized carbons (Fsp3) is 0.176. The van der Waals surface area contributed by atoms with E-state index in [9.17, 15) is 9.59 Å². The number of nitrogens with one attached hydrogen (secondary N) is 3. The molecule has 1 aromatic carbocycles. The highest BCUT2D eigenvalue weighted by atomic mass is 16.5. The second-order valence-corrected chi connectivity index (χ2v) is 5.38. The van der Waals surface area contributed by atoms with Gasteiger partial charge in [0, 0.05) is 13.6 Å². The number of benzene rings is 1. The van der Waals surface area contributed by atoms with Crippen molar-refractivity contribution in [1.29, 1.82) is 0 Å². The lowest BCUT2D eigenvalue weighted by Gasteiger charge is -2.06. The third-order valence-corrected chi connectivity index (χ3v) is 3.63. The minimum atomic E-state index is -0.383. The summed E-state index contributed by atoms with van der Waals surface area (Å²) in [7, 11) is 3.11. The minimum absolute atomic E-state index is 0.245. The largest absolute Gasteiger partial charge is 0.497 e. The highest BCUT2D eigenvalue weighted by Crippen LogP contribution is 2.12. The Kier molecular flexibility index (Phi) is 4.97. The summed E-state index contributed by atoms with van der Waals surface area (Å²) in [5.41, 5.74) is 1.71. The van der Waals surface area contributed by atoms with Crippen LogP contribution < -0.4 is 20.7 Å². The number of ether oxygens (including phenoxy) is 1. The molecule has 0 unspecified atom stereocenters. The molecule has 0 radical (unpaired) electrons. The van der Waals surface area contributed by atoms with Gasteiger partial charge in [0.2, 0.25) is 0 Å². The first-order valence-electron chi connectivity index (χ1n) is 7.85. The van der Waals surface area contributed by atoms with Gasteiger partial charge in [-0.3, -0.25) is 10.1 Å². The van der Waals surface area contributed by atoms with Crippen molar-refractivity contribution in [2.45, 2.75) is 6.54 Å². The quantitative estimate of drug-likeness (QED) is 0.642. The van der Waals surface area contributed by atoms with Crippen molar-refractivity contribution in [3.8, 4) is 5.75 Å². The number of methoxy groups -OCH3 is 1. The van der Waals surface area contributed by atoms with Crippen LogP contribution in [0.15, 0.2) is 42.6 Å². The molecule has 134 valence electrons. The fourth-order valence-corrected chi connectivity index (χ4v) is 2.26. The number of hydrogen-bond acceptors (Lipinski definition) is 5. The number of amides is 3. The van der Waals surface area contributed by atoms with Gasteiger partial charge in [0.15, 0.2) is 11.5 Å². The molecule has 0 fully saturated rings. The standard InChI is InChI=1S/C17H18N6O3/c1-18-17(25)21-14-10-23-15(20-14)8-7-13(22-23)16(24)19-9-11-3-5-12(26-2)6-4-11/h3-8,10H,9H2,1-2H3,(H,19,24)(H2,18,21,25). The number of aromatic nitrogens is 3. The zero-order valence-electron chi connectivity index (χ0n) is 14.3. The lowest BCUT2D eigenvalue weighted by atomic mass is 10.2. The highest BCUT2D eigenvalue weighted by Gasteiger charge is 2.11. The van der Waals surface area contributed by atoms with E-state index >= 15 is 0 Å². The molecular weight excluding hydrogens is 336 g/mol. The van der Waals surface area contributed by atoms with E-state index in [2.05, 4.69) is 26.0 Å². The molecule has 9 nitrogen and oxygen atoms in total. The highest BCUT2D eigenvalue weighted by molar-refractivity contribution is 5.92. The van der Waals surface area contributed by atoms with Gasteiger partial charge in [-0.05, 0) is 29.8 Å². The van der Waals surface area contributed by atoms with Gasteiger partial charge in [0.25, 0.3) is 5.91 Å². The monoisotopic (exact) mass is 354 g/mol. The van der Waals surface area contributed by atoms with Gasteiger partial charge < -0.3 is 15.4 Å².